The van der Waals surface area contributed by atoms with E-state index in [4.69, 9.17) is 0 Å². The second-order valence-electron chi connectivity index (χ2n) is 3.29. The molecule has 0 bridgehead atoms. The Morgan fingerprint density at radius 1 is 1.53 bits per heavy atom. The molecule has 4 heteroatoms. The minimum absolute atomic E-state index is 0.101. The molecule has 1 rings (SSSR count). The standard InChI is InChI=1S/C11H13BrFNO/c1-3-6-14-11(15)8-4-5-9(12)7(2)10(8)13/h4-5H,3,6H2,1-2H3,(H,14,15). The Morgan fingerprint density at radius 2 is 2.20 bits per heavy atom. The van der Waals surface area contributed by atoms with Gasteiger partial charge >= 0.3 is 0 Å². The van der Waals surface area contributed by atoms with E-state index >= 15 is 0 Å². The van der Waals surface area contributed by atoms with Gasteiger partial charge in [-0.2, -0.15) is 0 Å². The van der Waals surface area contributed by atoms with Gasteiger partial charge in [0, 0.05) is 11.0 Å². The van der Waals surface area contributed by atoms with Gasteiger partial charge < -0.3 is 5.32 Å². The molecule has 0 aromatic heterocycles. The van der Waals surface area contributed by atoms with Crippen molar-refractivity contribution < 1.29 is 9.18 Å². The summed E-state index contributed by atoms with van der Waals surface area (Å²) >= 11 is 3.21. The summed E-state index contributed by atoms with van der Waals surface area (Å²) in [5.41, 5.74) is 0.559. The van der Waals surface area contributed by atoms with Crippen molar-refractivity contribution in [2.45, 2.75) is 20.3 Å². The minimum Gasteiger partial charge on any atom is -0.352 e. The molecule has 82 valence electrons. The summed E-state index contributed by atoms with van der Waals surface area (Å²) in [5.74, 6) is -0.817. The van der Waals surface area contributed by atoms with Crippen LogP contribution < -0.4 is 5.32 Å². The van der Waals surface area contributed by atoms with E-state index in [1.54, 1.807) is 13.0 Å². The molecule has 0 heterocycles. The van der Waals surface area contributed by atoms with Crippen molar-refractivity contribution in [1.29, 1.82) is 0 Å². The number of amides is 1. The lowest BCUT2D eigenvalue weighted by Gasteiger charge is -2.07. The maximum absolute atomic E-state index is 13.6. The van der Waals surface area contributed by atoms with Gasteiger partial charge in [0.05, 0.1) is 5.56 Å². The molecule has 0 aliphatic rings. The Bertz CT molecular complexity index is 379. The van der Waals surface area contributed by atoms with Crippen molar-refractivity contribution in [1.82, 2.24) is 5.32 Å². The van der Waals surface area contributed by atoms with Gasteiger partial charge in [0.15, 0.2) is 0 Å². The van der Waals surface area contributed by atoms with E-state index in [2.05, 4.69) is 21.2 Å². The molecular weight excluding hydrogens is 261 g/mol. The lowest BCUT2D eigenvalue weighted by molar-refractivity contribution is 0.0949. The summed E-state index contributed by atoms with van der Waals surface area (Å²) in [6, 6.07) is 3.16. The summed E-state index contributed by atoms with van der Waals surface area (Å²) in [7, 11) is 0. The van der Waals surface area contributed by atoms with Gasteiger partial charge in [0.25, 0.3) is 5.91 Å². The number of carbonyl (C=O) groups is 1. The number of benzene rings is 1. The summed E-state index contributed by atoms with van der Waals surface area (Å²) in [6.45, 7) is 4.15. The molecule has 0 radical (unpaired) electrons. The first-order valence-corrected chi connectivity index (χ1v) is 5.60. The third kappa shape index (κ3) is 2.78. The van der Waals surface area contributed by atoms with Gasteiger partial charge in [0.2, 0.25) is 0 Å². The second kappa shape index (κ2) is 5.26. The molecular formula is C11H13BrFNO. The number of rotatable bonds is 3. The van der Waals surface area contributed by atoms with Crippen LogP contribution in [0.1, 0.15) is 29.3 Å². The lowest BCUT2D eigenvalue weighted by atomic mass is 10.1. The Balaban J connectivity index is 2.95. The highest BCUT2D eigenvalue weighted by Gasteiger charge is 2.14. The molecule has 0 aliphatic heterocycles. The van der Waals surface area contributed by atoms with E-state index < -0.39 is 5.82 Å². The van der Waals surface area contributed by atoms with Gasteiger partial charge in [-0.3, -0.25) is 4.79 Å². The molecule has 1 aromatic carbocycles. The van der Waals surface area contributed by atoms with Gasteiger partial charge in [-0.05, 0) is 31.0 Å². The fraction of sp³-hybridized carbons (Fsp3) is 0.364. The van der Waals surface area contributed by atoms with Crippen LogP contribution in [0.2, 0.25) is 0 Å². The first-order chi connectivity index (χ1) is 7.07. The van der Waals surface area contributed by atoms with Crippen molar-refractivity contribution in [3.8, 4) is 0 Å². The van der Waals surface area contributed by atoms with Crippen LogP contribution in [0.5, 0.6) is 0 Å². The molecule has 1 aromatic rings. The van der Waals surface area contributed by atoms with E-state index in [1.807, 2.05) is 6.92 Å². The predicted octanol–water partition coefficient (Wildman–Crippen LogP) is 3.04. The molecule has 0 aliphatic carbocycles. The van der Waals surface area contributed by atoms with E-state index in [9.17, 15) is 9.18 Å². The summed E-state index contributed by atoms with van der Waals surface area (Å²) in [5, 5.41) is 2.64. The van der Waals surface area contributed by atoms with Gasteiger partial charge in [0.1, 0.15) is 5.82 Å². The SMILES string of the molecule is CCCNC(=O)c1ccc(Br)c(C)c1F. The van der Waals surface area contributed by atoms with Crippen LogP contribution in [0.25, 0.3) is 0 Å². The summed E-state index contributed by atoms with van der Waals surface area (Å²) in [4.78, 5) is 11.5. The lowest BCUT2D eigenvalue weighted by Crippen LogP contribution is -2.25. The second-order valence-corrected chi connectivity index (χ2v) is 4.14. The quantitative estimate of drug-likeness (QED) is 0.901. The van der Waals surface area contributed by atoms with Crippen molar-refractivity contribution in [2.75, 3.05) is 6.54 Å². The first-order valence-electron chi connectivity index (χ1n) is 4.80. The van der Waals surface area contributed by atoms with E-state index in [0.717, 1.165) is 6.42 Å². The van der Waals surface area contributed by atoms with Crippen LogP contribution in [-0.4, -0.2) is 12.5 Å². The highest BCUT2D eigenvalue weighted by molar-refractivity contribution is 9.10. The Kier molecular flexibility index (Phi) is 4.27. The molecule has 1 N–H and O–H groups in total. The third-order valence-electron chi connectivity index (χ3n) is 2.10. The number of halogens is 2. The zero-order chi connectivity index (χ0) is 11.4. The molecule has 0 saturated heterocycles. The van der Waals surface area contributed by atoms with E-state index in [0.29, 0.717) is 16.6 Å². The molecule has 0 spiro atoms. The molecule has 1 amide bonds. The average Bonchev–Trinajstić information content (AvgIpc) is 2.23. The zero-order valence-corrected chi connectivity index (χ0v) is 10.3. The van der Waals surface area contributed by atoms with Crippen LogP contribution >= 0.6 is 15.9 Å². The maximum Gasteiger partial charge on any atom is 0.254 e. The largest absolute Gasteiger partial charge is 0.352 e. The number of nitrogens with one attached hydrogen (secondary N) is 1. The smallest absolute Gasteiger partial charge is 0.254 e. The van der Waals surface area contributed by atoms with E-state index in [1.165, 1.54) is 6.07 Å². The van der Waals surface area contributed by atoms with Crippen molar-refractivity contribution in [2.24, 2.45) is 0 Å². The van der Waals surface area contributed by atoms with Crippen LogP contribution in [0.15, 0.2) is 16.6 Å². The van der Waals surface area contributed by atoms with Crippen molar-refractivity contribution >= 4 is 21.8 Å². The molecule has 0 unspecified atom stereocenters. The van der Waals surface area contributed by atoms with Gasteiger partial charge in [-0.1, -0.05) is 22.9 Å². The van der Waals surface area contributed by atoms with Crippen LogP contribution in [-0.2, 0) is 0 Å². The highest BCUT2D eigenvalue weighted by Crippen LogP contribution is 2.21. The minimum atomic E-state index is -0.460. The maximum atomic E-state index is 13.6. The Labute approximate surface area is 97.0 Å². The predicted molar refractivity (Wildman–Crippen MR) is 61.5 cm³/mol. The first kappa shape index (κ1) is 12.2. The molecule has 0 fully saturated rings. The number of hydrogen-bond donors (Lipinski definition) is 1. The normalized spacial score (nSPS) is 10.1. The molecule has 2 nitrogen and oxygen atoms in total. The molecule has 15 heavy (non-hydrogen) atoms. The van der Waals surface area contributed by atoms with Crippen LogP contribution in [0.3, 0.4) is 0 Å². The van der Waals surface area contributed by atoms with Crippen LogP contribution in [0, 0.1) is 12.7 Å². The van der Waals surface area contributed by atoms with Gasteiger partial charge in [-0.15, -0.1) is 0 Å². The average molecular weight is 274 g/mol. The summed E-state index contributed by atoms with van der Waals surface area (Å²) < 4.78 is 14.3. The fourth-order valence-corrected chi connectivity index (χ4v) is 1.48. The third-order valence-corrected chi connectivity index (χ3v) is 2.96. The van der Waals surface area contributed by atoms with Gasteiger partial charge in [-0.25, -0.2) is 4.39 Å². The molecule has 0 saturated carbocycles. The summed E-state index contributed by atoms with van der Waals surface area (Å²) in [6.07, 6.45) is 0.836. The van der Waals surface area contributed by atoms with E-state index in [-0.39, 0.29) is 11.5 Å². The van der Waals surface area contributed by atoms with Crippen molar-refractivity contribution in [3.05, 3.63) is 33.5 Å². The topological polar surface area (TPSA) is 29.1 Å². The van der Waals surface area contributed by atoms with Crippen LogP contribution in [0.4, 0.5) is 4.39 Å². The zero-order valence-electron chi connectivity index (χ0n) is 8.73. The Hall–Kier alpha value is -0.900. The monoisotopic (exact) mass is 273 g/mol. The fourth-order valence-electron chi connectivity index (χ4n) is 1.17. The highest BCUT2D eigenvalue weighted by atomic mass is 79.9. The number of carbonyl (C=O) groups excluding carboxylic acids is 1. The van der Waals surface area contributed by atoms with Crippen molar-refractivity contribution in [3.63, 3.8) is 0 Å². The molecule has 0 atom stereocenters. The Morgan fingerprint density at radius 3 is 2.80 bits per heavy atom. The number of hydrogen-bond acceptors (Lipinski definition) is 1.